The number of aromatic hydroxyl groups is 1. The van der Waals surface area contributed by atoms with Crippen LogP contribution in [0.5, 0.6) is 5.75 Å². The normalized spacial score (nSPS) is 16.2. The molecule has 3 aromatic rings. The number of phenolic OH excluding ortho intramolecular Hbond substituents is 1. The zero-order valence-corrected chi connectivity index (χ0v) is 15.8. The molecule has 2 aromatic heterocycles. The molecule has 1 aromatic carbocycles. The Labute approximate surface area is 163 Å². The number of likely N-dealkylation sites (tertiary alicyclic amines) is 1. The number of carbonyl (C=O) groups is 1. The molecule has 1 amide bonds. The summed E-state index contributed by atoms with van der Waals surface area (Å²) in [6, 6.07) is 7.28. The summed E-state index contributed by atoms with van der Waals surface area (Å²) in [5.41, 5.74) is 1.39. The van der Waals surface area contributed by atoms with Crippen molar-refractivity contribution in [3.05, 3.63) is 42.4 Å². The highest BCUT2D eigenvalue weighted by molar-refractivity contribution is 5.84. The monoisotopic (exact) mass is 380 g/mol. The number of aromatic nitrogens is 4. The number of anilines is 1. The molecular weight excluding hydrogens is 356 g/mol. The Balaban J connectivity index is 1.33. The number of piperidine rings is 1. The van der Waals surface area contributed by atoms with Crippen molar-refractivity contribution in [3.8, 4) is 5.75 Å². The van der Waals surface area contributed by atoms with E-state index in [2.05, 4.69) is 32.4 Å². The van der Waals surface area contributed by atoms with Crippen LogP contribution in [0.1, 0.15) is 25.5 Å². The fourth-order valence-corrected chi connectivity index (χ4v) is 3.74. The number of nitrogens with one attached hydrogen (secondary N) is 2. The van der Waals surface area contributed by atoms with E-state index in [1.807, 2.05) is 17.0 Å². The average Bonchev–Trinajstić information content (AvgIpc) is 3.22. The van der Waals surface area contributed by atoms with Gasteiger partial charge in [0.2, 0.25) is 11.9 Å². The number of aromatic amines is 1. The number of hydrogen-bond acceptors (Lipinski definition) is 6. The van der Waals surface area contributed by atoms with Crippen LogP contribution >= 0.6 is 0 Å². The Morgan fingerprint density at radius 2 is 2.18 bits per heavy atom. The standard InChI is InChI=1S/C20H24N6O2/c1-13(23-20-21-12-15-3-2-4-17(27)19(15)24-20)14-6-9-26(10-7-14)18(28)11-16-5-8-22-25-16/h2-5,8,12-14,27H,6-7,9-11H2,1H3,(H,22,25)(H,21,23,24)/t13-/m1/s1. The molecular formula is C20H24N6O2. The van der Waals surface area contributed by atoms with Gasteiger partial charge in [0.15, 0.2) is 0 Å². The summed E-state index contributed by atoms with van der Waals surface area (Å²) in [5, 5.41) is 20.9. The minimum atomic E-state index is 0.136. The lowest BCUT2D eigenvalue weighted by Crippen LogP contribution is -2.43. The number of fused-ring (bicyclic) bond motifs is 1. The number of rotatable bonds is 5. The number of amides is 1. The molecule has 1 saturated heterocycles. The van der Waals surface area contributed by atoms with Crippen molar-refractivity contribution < 1.29 is 9.90 Å². The fraction of sp³-hybridized carbons (Fsp3) is 0.400. The van der Waals surface area contributed by atoms with Crippen molar-refractivity contribution in [1.82, 2.24) is 25.1 Å². The summed E-state index contributed by atoms with van der Waals surface area (Å²) >= 11 is 0. The predicted octanol–water partition coefficient (Wildman–Crippen LogP) is 2.34. The molecule has 0 unspecified atom stereocenters. The predicted molar refractivity (Wildman–Crippen MR) is 106 cm³/mol. The molecule has 3 heterocycles. The van der Waals surface area contributed by atoms with Gasteiger partial charge in [0.25, 0.3) is 0 Å². The molecule has 0 spiro atoms. The Morgan fingerprint density at radius 1 is 1.36 bits per heavy atom. The molecule has 4 rings (SSSR count). The lowest BCUT2D eigenvalue weighted by atomic mass is 9.90. The van der Waals surface area contributed by atoms with Gasteiger partial charge in [-0.1, -0.05) is 12.1 Å². The molecule has 1 fully saturated rings. The lowest BCUT2D eigenvalue weighted by Gasteiger charge is -2.35. The molecule has 146 valence electrons. The number of para-hydroxylation sites is 1. The smallest absolute Gasteiger partial charge is 0.228 e. The summed E-state index contributed by atoms with van der Waals surface area (Å²) in [5.74, 6) is 1.23. The molecule has 3 N–H and O–H groups in total. The summed E-state index contributed by atoms with van der Waals surface area (Å²) in [7, 11) is 0. The van der Waals surface area contributed by atoms with E-state index in [0.717, 1.165) is 37.0 Å². The SMILES string of the molecule is C[C@@H](Nc1ncc2cccc(O)c2n1)C1CCN(C(=O)Cc2ccn[nH]2)CC1. The van der Waals surface area contributed by atoms with E-state index in [0.29, 0.717) is 23.8 Å². The van der Waals surface area contributed by atoms with Crippen LogP contribution in [-0.4, -0.2) is 55.2 Å². The molecule has 0 radical (unpaired) electrons. The topological polar surface area (TPSA) is 107 Å². The lowest BCUT2D eigenvalue weighted by molar-refractivity contribution is -0.131. The van der Waals surface area contributed by atoms with Crippen LogP contribution in [0.3, 0.4) is 0 Å². The number of phenols is 1. The molecule has 1 atom stereocenters. The molecule has 1 aliphatic heterocycles. The van der Waals surface area contributed by atoms with E-state index in [9.17, 15) is 9.90 Å². The van der Waals surface area contributed by atoms with Gasteiger partial charge in [0.1, 0.15) is 11.3 Å². The third-order valence-electron chi connectivity index (χ3n) is 5.45. The first-order chi connectivity index (χ1) is 13.6. The van der Waals surface area contributed by atoms with Gasteiger partial charge in [0, 0.05) is 42.6 Å². The molecule has 0 bridgehead atoms. The summed E-state index contributed by atoms with van der Waals surface area (Å²) in [6.07, 6.45) is 5.61. The average molecular weight is 380 g/mol. The first-order valence-corrected chi connectivity index (χ1v) is 9.57. The number of hydrogen-bond donors (Lipinski definition) is 3. The third kappa shape index (κ3) is 3.90. The maximum Gasteiger partial charge on any atom is 0.228 e. The van der Waals surface area contributed by atoms with Gasteiger partial charge in [-0.2, -0.15) is 5.10 Å². The van der Waals surface area contributed by atoms with Crippen molar-refractivity contribution in [3.63, 3.8) is 0 Å². The highest BCUT2D eigenvalue weighted by Gasteiger charge is 2.27. The maximum atomic E-state index is 12.4. The second-order valence-electron chi connectivity index (χ2n) is 7.32. The van der Waals surface area contributed by atoms with Gasteiger partial charge in [-0.25, -0.2) is 9.97 Å². The molecule has 0 saturated carbocycles. The van der Waals surface area contributed by atoms with Crippen LogP contribution < -0.4 is 5.32 Å². The largest absolute Gasteiger partial charge is 0.506 e. The Bertz CT molecular complexity index is 950. The molecule has 1 aliphatic rings. The Hall–Kier alpha value is -3.16. The second kappa shape index (κ2) is 7.84. The fourth-order valence-electron chi connectivity index (χ4n) is 3.74. The number of nitrogens with zero attached hydrogens (tertiary/aromatic N) is 4. The van der Waals surface area contributed by atoms with Crippen LogP contribution in [0.15, 0.2) is 36.7 Å². The number of H-pyrrole nitrogens is 1. The molecule has 0 aliphatic carbocycles. The Morgan fingerprint density at radius 3 is 2.93 bits per heavy atom. The maximum absolute atomic E-state index is 12.4. The van der Waals surface area contributed by atoms with Gasteiger partial charge in [-0.15, -0.1) is 0 Å². The van der Waals surface area contributed by atoms with Crippen LogP contribution in [0, 0.1) is 5.92 Å². The van der Waals surface area contributed by atoms with E-state index < -0.39 is 0 Å². The van der Waals surface area contributed by atoms with Crippen molar-refractivity contribution in [2.75, 3.05) is 18.4 Å². The van der Waals surface area contributed by atoms with Crippen LogP contribution in [0.25, 0.3) is 10.9 Å². The highest BCUT2D eigenvalue weighted by atomic mass is 16.3. The zero-order chi connectivity index (χ0) is 19.5. The van der Waals surface area contributed by atoms with Crippen molar-refractivity contribution >= 4 is 22.8 Å². The van der Waals surface area contributed by atoms with Gasteiger partial charge in [0.05, 0.1) is 6.42 Å². The summed E-state index contributed by atoms with van der Waals surface area (Å²) in [6.45, 7) is 3.62. The van der Waals surface area contributed by atoms with Crippen LogP contribution in [-0.2, 0) is 11.2 Å². The number of carbonyl (C=O) groups excluding carboxylic acids is 1. The molecule has 8 nitrogen and oxygen atoms in total. The summed E-state index contributed by atoms with van der Waals surface area (Å²) < 4.78 is 0. The number of benzene rings is 1. The van der Waals surface area contributed by atoms with Gasteiger partial charge < -0.3 is 15.3 Å². The van der Waals surface area contributed by atoms with E-state index in [4.69, 9.17) is 0 Å². The van der Waals surface area contributed by atoms with E-state index in [-0.39, 0.29) is 17.7 Å². The minimum absolute atomic E-state index is 0.136. The first-order valence-electron chi connectivity index (χ1n) is 9.57. The Kier molecular flexibility index (Phi) is 5.10. The van der Waals surface area contributed by atoms with Crippen LogP contribution in [0.2, 0.25) is 0 Å². The van der Waals surface area contributed by atoms with Gasteiger partial charge in [-0.05, 0) is 37.8 Å². The quantitative estimate of drug-likeness (QED) is 0.627. The van der Waals surface area contributed by atoms with E-state index >= 15 is 0 Å². The van der Waals surface area contributed by atoms with Crippen molar-refractivity contribution in [2.45, 2.75) is 32.2 Å². The zero-order valence-electron chi connectivity index (χ0n) is 15.8. The second-order valence-corrected chi connectivity index (χ2v) is 7.32. The van der Waals surface area contributed by atoms with Crippen molar-refractivity contribution in [1.29, 1.82) is 0 Å². The van der Waals surface area contributed by atoms with E-state index in [1.165, 1.54) is 0 Å². The molecule has 28 heavy (non-hydrogen) atoms. The summed E-state index contributed by atoms with van der Waals surface area (Å²) in [4.78, 5) is 23.1. The third-order valence-corrected chi connectivity index (χ3v) is 5.45. The first kappa shape index (κ1) is 18.2. The van der Waals surface area contributed by atoms with Crippen molar-refractivity contribution in [2.24, 2.45) is 5.92 Å². The minimum Gasteiger partial charge on any atom is -0.506 e. The highest BCUT2D eigenvalue weighted by Crippen LogP contribution is 2.25. The van der Waals surface area contributed by atoms with Gasteiger partial charge in [-0.3, -0.25) is 9.89 Å². The molecule has 8 heteroatoms. The van der Waals surface area contributed by atoms with Crippen LogP contribution in [0.4, 0.5) is 5.95 Å². The van der Waals surface area contributed by atoms with E-state index in [1.54, 1.807) is 24.5 Å². The van der Waals surface area contributed by atoms with Gasteiger partial charge >= 0.3 is 0 Å².